The van der Waals surface area contributed by atoms with Crippen LogP contribution < -0.4 is 10.6 Å². The molecule has 0 heterocycles. The first-order chi connectivity index (χ1) is 15.0. The SMILES string of the molecule is CCCCCNC(=O)C(c1ccccc1O)N(C(=O)CNC(=O)OC(C)(C)C)C1CC1C. The number of amides is 3. The molecule has 3 amide bonds. The third kappa shape index (κ3) is 7.43. The molecule has 1 fully saturated rings. The zero-order valence-corrected chi connectivity index (χ0v) is 19.8. The summed E-state index contributed by atoms with van der Waals surface area (Å²) in [7, 11) is 0. The van der Waals surface area contributed by atoms with Crippen molar-refractivity contribution in [3.8, 4) is 5.75 Å². The van der Waals surface area contributed by atoms with E-state index in [9.17, 15) is 19.5 Å². The number of para-hydroxylation sites is 1. The van der Waals surface area contributed by atoms with Crippen molar-refractivity contribution in [1.82, 2.24) is 15.5 Å². The summed E-state index contributed by atoms with van der Waals surface area (Å²) in [6.07, 6.45) is 2.91. The lowest BCUT2D eigenvalue weighted by molar-refractivity contribution is -0.141. The number of phenolic OH excluding ortho intramolecular Hbond substituents is 1. The van der Waals surface area contributed by atoms with Crippen molar-refractivity contribution in [2.45, 2.75) is 78.0 Å². The highest BCUT2D eigenvalue weighted by atomic mass is 16.6. The molecule has 3 unspecified atom stereocenters. The molecule has 1 saturated carbocycles. The molecule has 1 aromatic rings. The second-order valence-electron chi connectivity index (χ2n) is 9.40. The fraction of sp³-hybridized carbons (Fsp3) is 0.625. The van der Waals surface area contributed by atoms with E-state index < -0.39 is 23.6 Å². The molecule has 0 saturated heterocycles. The first kappa shape index (κ1) is 25.5. The van der Waals surface area contributed by atoms with Crippen molar-refractivity contribution in [1.29, 1.82) is 0 Å². The smallest absolute Gasteiger partial charge is 0.408 e. The summed E-state index contributed by atoms with van der Waals surface area (Å²) in [6.45, 7) is 9.50. The van der Waals surface area contributed by atoms with E-state index in [0.29, 0.717) is 12.1 Å². The van der Waals surface area contributed by atoms with Gasteiger partial charge < -0.3 is 25.4 Å². The van der Waals surface area contributed by atoms with Crippen molar-refractivity contribution in [3.05, 3.63) is 29.8 Å². The Morgan fingerprint density at radius 3 is 2.41 bits per heavy atom. The Balaban J connectivity index is 2.25. The highest BCUT2D eigenvalue weighted by Crippen LogP contribution is 2.41. The largest absolute Gasteiger partial charge is 0.508 e. The summed E-state index contributed by atoms with van der Waals surface area (Å²) >= 11 is 0. The molecule has 2 rings (SSSR count). The second-order valence-corrected chi connectivity index (χ2v) is 9.40. The Hall–Kier alpha value is -2.77. The number of rotatable bonds is 10. The normalized spacial score (nSPS) is 18.4. The molecule has 8 nitrogen and oxygen atoms in total. The first-order valence-electron chi connectivity index (χ1n) is 11.4. The van der Waals surface area contributed by atoms with Crippen LogP contribution in [0.4, 0.5) is 4.79 Å². The summed E-state index contributed by atoms with van der Waals surface area (Å²) in [5.41, 5.74) is -0.320. The quantitative estimate of drug-likeness (QED) is 0.476. The van der Waals surface area contributed by atoms with Crippen molar-refractivity contribution >= 4 is 17.9 Å². The maximum absolute atomic E-state index is 13.2. The van der Waals surface area contributed by atoms with Gasteiger partial charge in [0.1, 0.15) is 23.9 Å². The van der Waals surface area contributed by atoms with Gasteiger partial charge in [-0.1, -0.05) is 44.9 Å². The molecule has 3 N–H and O–H groups in total. The predicted octanol–water partition coefficient (Wildman–Crippen LogP) is 3.50. The number of nitrogens with zero attached hydrogens (tertiary/aromatic N) is 1. The van der Waals surface area contributed by atoms with Gasteiger partial charge in [-0.05, 0) is 45.6 Å². The van der Waals surface area contributed by atoms with Gasteiger partial charge in [-0.15, -0.1) is 0 Å². The molecule has 32 heavy (non-hydrogen) atoms. The standard InChI is InChI=1S/C24H37N3O5/c1-6-7-10-13-25-22(30)21(17-11-8-9-12-19(17)28)27(18-14-16(18)2)20(29)15-26-23(31)32-24(3,4)5/h8-9,11-12,16,18,21,28H,6-7,10,13-15H2,1-5H3,(H,25,30)(H,26,31). The predicted molar refractivity (Wildman–Crippen MR) is 122 cm³/mol. The molecule has 0 bridgehead atoms. The van der Waals surface area contributed by atoms with Gasteiger partial charge >= 0.3 is 6.09 Å². The second kappa shape index (κ2) is 11.2. The molecular weight excluding hydrogens is 410 g/mol. The number of aromatic hydroxyl groups is 1. The molecular formula is C24H37N3O5. The van der Waals surface area contributed by atoms with Crippen LogP contribution in [0.3, 0.4) is 0 Å². The summed E-state index contributed by atoms with van der Waals surface area (Å²) in [4.78, 5) is 40.0. The molecule has 0 aromatic heterocycles. The number of unbranched alkanes of at least 4 members (excludes halogenated alkanes) is 2. The lowest BCUT2D eigenvalue weighted by Crippen LogP contribution is -2.49. The number of phenols is 1. The van der Waals surface area contributed by atoms with Crippen LogP contribution in [0.1, 0.15) is 71.9 Å². The Morgan fingerprint density at radius 1 is 1.19 bits per heavy atom. The van der Waals surface area contributed by atoms with Gasteiger partial charge in [0.25, 0.3) is 0 Å². The monoisotopic (exact) mass is 447 g/mol. The minimum Gasteiger partial charge on any atom is -0.508 e. The zero-order valence-electron chi connectivity index (χ0n) is 19.8. The molecule has 1 aliphatic rings. The highest BCUT2D eigenvalue weighted by Gasteiger charge is 2.46. The van der Waals surface area contributed by atoms with Crippen LogP contribution in [0, 0.1) is 5.92 Å². The lowest BCUT2D eigenvalue weighted by Gasteiger charge is -2.32. The molecule has 0 radical (unpaired) electrons. The van der Waals surface area contributed by atoms with Crippen LogP contribution in [0.5, 0.6) is 5.75 Å². The number of hydrogen-bond acceptors (Lipinski definition) is 5. The minimum atomic E-state index is -0.985. The van der Waals surface area contributed by atoms with E-state index in [-0.39, 0.29) is 30.2 Å². The van der Waals surface area contributed by atoms with Crippen LogP contribution in [-0.4, -0.2) is 52.6 Å². The van der Waals surface area contributed by atoms with E-state index in [1.54, 1.807) is 39.0 Å². The topological polar surface area (TPSA) is 108 Å². The Bertz CT molecular complexity index is 805. The van der Waals surface area contributed by atoms with Gasteiger partial charge in [0.2, 0.25) is 11.8 Å². The van der Waals surface area contributed by atoms with Gasteiger partial charge in [-0.25, -0.2) is 4.79 Å². The van der Waals surface area contributed by atoms with Crippen molar-refractivity contribution in [2.75, 3.05) is 13.1 Å². The Morgan fingerprint density at radius 2 is 1.84 bits per heavy atom. The molecule has 178 valence electrons. The van der Waals surface area contributed by atoms with Crippen LogP contribution in [0.25, 0.3) is 0 Å². The fourth-order valence-electron chi connectivity index (χ4n) is 3.58. The van der Waals surface area contributed by atoms with E-state index in [1.165, 1.54) is 11.0 Å². The lowest BCUT2D eigenvalue weighted by atomic mass is 10.0. The summed E-state index contributed by atoms with van der Waals surface area (Å²) < 4.78 is 5.21. The molecule has 1 aliphatic carbocycles. The maximum atomic E-state index is 13.2. The number of alkyl carbamates (subject to hydrolysis) is 1. The van der Waals surface area contributed by atoms with Crippen LogP contribution in [0.15, 0.2) is 24.3 Å². The van der Waals surface area contributed by atoms with Crippen LogP contribution >= 0.6 is 0 Å². The van der Waals surface area contributed by atoms with E-state index in [1.807, 2.05) is 6.92 Å². The van der Waals surface area contributed by atoms with Crippen LogP contribution in [0.2, 0.25) is 0 Å². The van der Waals surface area contributed by atoms with Gasteiger partial charge in [-0.2, -0.15) is 0 Å². The number of nitrogens with one attached hydrogen (secondary N) is 2. The van der Waals surface area contributed by atoms with Crippen molar-refractivity contribution in [2.24, 2.45) is 5.92 Å². The van der Waals surface area contributed by atoms with Gasteiger partial charge in [0.15, 0.2) is 0 Å². The number of benzene rings is 1. The number of carbonyl (C=O) groups is 3. The van der Waals surface area contributed by atoms with Crippen molar-refractivity contribution < 1.29 is 24.2 Å². The average Bonchev–Trinajstić information content (AvgIpc) is 3.42. The van der Waals surface area contributed by atoms with Crippen LogP contribution in [-0.2, 0) is 14.3 Å². The van der Waals surface area contributed by atoms with Crippen molar-refractivity contribution in [3.63, 3.8) is 0 Å². The third-order valence-electron chi connectivity index (χ3n) is 5.33. The maximum Gasteiger partial charge on any atom is 0.408 e. The first-order valence-corrected chi connectivity index (χ1v) is 11.4. The number of hydrogen-bond donors (Lipinski definition) is 3. The van der Waals surface area contributed by atoms with Gasteiger partial charge in [0, 0.05) is 18.2 Å². The van der Waals surface area contributed by atoms with E-state index in [2.05, 4.69) is 17.6 Å². The fourth-order valence-corrected chi connectivity index (χ4v) is 3.58. The molecule has 8 heteroatoms. The minimum absolute atomic E-state index is 0.0487. The molecule has 3 atom stereocenters. The van der Waals surface area contributed by atoms with E-state index in [4.69, 9.17) is 4.74 Å². The number of ether oxygens (including phenoxy) is 1. The van der Waals surface area contributed by atoms with Gasteiger partial charge in [0.05, 0.1) is 0 Å². The zero-order chi connectivity index (χ0) is 23.9. The highest BCUT2D eigenvalue weighted by molar-refractivity contribution is 5.91. The van der Waals surface area contributed by atoms with E-state index >= 15 is 0 Å². The third-order valence-corrected chi connectivity index (χ3v) is 5.33. The molecule has 0 spiro atoms. The summed E-state index contributed by atoms with van der Waals surface area (Å²) in [6, 6.07) is 5.43. The Kier molecular flexibility index (Phi) is 8.92. The number of carbonyl (C=O) groups excluding carboxylic acids is 3. The van der Waals surface area contributed by atoms with E-state index in [0.717, 1.165) is 25.7 Å². The summed E-state index contributed by atoms with van der Waals surface area (Å²) in [5, 5.41) is 15.9. The average molecular weight is 448 g/mol. The Labute approximate surface area is 190 Å². The molecule has 1 aromatic carbocycles. The summed E-state index contributed by atoms with van der Waals surface area (Å²) in [5.74, 6) is -0.566. The molecule has 0 aliphatic heterocycles. The van der Waals surface area contributed by atoms with Gasteiger partial charge in [-0.3, -0.25) is 9.59 Å².